The molecular weight excluding hydrogens is 306 g/mol. The van der Waals surface area contributed by atoms with Crippen molar-refractivity contribution in [1.29, 1.82) is 0 Å². The number of amides is 1. The number of piperazine rings is 1. The number of benzene rings is 1. The van der Waals surface area contributed by atoms with E-state index in [-0.39, 0.29) is 5.91 Å². The van der Waals surface area contributed by atoms with Crippen LogP contribution in [0, 0.1) is 0 Å². The van der Waals surface area contributed by atoms with E-state index in [4.69, 9.17) is 9.47 Å². The van der Waals surface area contributed by atoms with Gasteiger partial charge in [-0.3, -0.25) is 9.69 Å². The molecular formula is C18H23N3O3. The summed E-state index contributed by atoms with van der Waals surface area (Å²) in [5.74, 6) is 1.75. The molecule has 1 amide bonds. The average molecular weight is 329 g/mol. The van der Waals surface area contributed by atoms with Crippen LogP contribution in [0.15, 0.2) is 42.6 Å². The second-order valence-corrected chi connectivity index (χ2v) is 5.74. The first-order valence-electron chi connectivity index (χ1n) is 8.18. The van der Waals surface area contributed by atoms with Gasteiger partial charge in [0.1, 0.15) is 23.8 Å². The fraction of sp³-hybridized carbons (Fsp3) is 0.389. The molecule has 2 aromatic rings. The molecule has 0 saturated carbocycles. The van der Waals surface area contributed by atoms with E-state index in [0.29, 0.717) is 12.3 Å². The maximum absolute atomic E-state index is 12.3. The maximum Gasteiger partial charge on any atom is 0.270 e. The molecule has 0 radical (unpaired) electrons. The quantitative estimate of drug-likeness (QED) is 0.879. The van der Waals surface area contributed by atoms with Crippen LogP contribution in [0.3, 0.4) is 0 Å². The summed E-state index contributed by atoms with van der Waals surface area (Å²) in [6, 6.07) is 11.3. The maximum atomic E-state index is 12.3. The number of rotatable bonds is 6. The number of nitrogens with zero attached hydrogens (tertiary/aromatic N) is 2. The van der Waals surface area contributed by atoms with Crippen molar-refractivity contribution < 1.29 is 14.3 Å². The zero-order valence-corrected chi connectivity index (χ0v) is 13.9. The van der Waals surface area contributed by atoms with E-state index in [1.165, 1.54) is 0 Å². The van der Waals surface area contributed by atoms with E-state index in [1.54, 1.807) is 13.3 Å². The monoisotopic (exact) mass is 329 g/mol. The Morgan fingerprint density at radius 2 is 1.79 bits per heavy atom. The molecule has 1 aliphatic heterocycles. The minimum absolute atomic E-state index is 0.0779. The Morgan fingerprint density at radius 3 is 2.42 bits per heavy atom. The number of H-pyrrole nitrogens is 1. The number of ether oxygens (including phenoxy) is 2. The first kappa shape index (κ1) is 16.4. The molecule has 6 nitrogen and oxygen atoms in total. The van der Waals surface area contributed by atoms with Crippen molar-refractivity contribution in [1.82, 2.24) is 14.8 Å². The van der Waals surface area contributed by atoms with Crippen LogP contribution in [-0.2, 0) is 0 Å². The largest absolute Gasteiger partial charge is 0.497 e. The van der Waals surface area contributed by atoms with Crippen LogP contribution in [0.1, 0.15) is 10.5 Å². The SMILES string of the molecule is COc1ccc(OCCN2CCN(C(=O)c3ccc[nH]3)CC2)cc1. The Bertz CT molecular complexity index is 632. The number of aromatic amines is 1. The molecule has 3 rings (SSSR count). The second kappa shape index (κ2) is 7.88. The second-order valence-electron chi connectivity index (χ2n) is 5.74. The highest BCUT2D eigenvalue weighted by atomic mass is 16.5. The van der Waals surface area contributed by atoms with Gasteiger partial charge in [0.25, 0.3) is 5.91 Å². The Kier molecular flexibility index (Phi) is 5.38. The molecule has 0 aliphatic carbocycles. The summed E-state index contributed by atoms with van der Waals surface area (Å²) in [6.07, 6.45) is 1.78. The normalized spacial score (nSPS) is 15.3. The smallest absolute Gasteiger partial charge is 0.270 e. The third-order valence-electron chi connectivity index (χ3n) is 4.22. The topological polar surface area (TPSA) is 57.8 Å². The third-order valence-corrected chi connectivity index (χ3v) is 4.22. The van der Waals surface area contributed by atoms with Crippen LogP contribution in [0.2, 0.25) is 0 Å². The van der Waals surface area contributed by atoms with Crippen LogP contribution < -0.4 is 9.47 Å². The lowest BCUT2D eigenvalue weighted by atomic mass is 10.3. The van der Waals surface area contributed by atoms with Gasteiger partial charge in [-0.25, -0.2) is 0 Å². The van der Waals surface area contributed by atoms with Crippen molar-refractivity contribution >= 4 is 5.91 Å². The minimum atomic E-state index is 0.0779. The van der Waals surface area contributed by atoms with E-state index in [0.717, 1.165) is 44.2 Å². The van der Waals surface area contributed by atoms with E-state index in [1.807, 2.05) is 41.3 Å². The molecule has 2 heterocycles. The zero-order valence-electron chi connectivity index (χ0n) is 13.9. The molecule has 1 aromatic heterocycles. The predicted molar refractivity (Wildman–Crippen MR) is 91.6 cm³/mol. The van der Waals surface area contributed by atoms with E-state index in [2.05, 4.69) is 9.88 Å². The number of methoxy groups -OCH3 is 1. The van der Waals surface area contributed by atoms with Crippen LogP contribution in [0.4, 0.5) is 0 Å². The van der Waals surface area contributed by atoms with Crippen molar-refractivity contribution in [2.24, 2.45) is 0 Å². The van der Waals surface area contributed by atoms with Crippen molar-refractivity contribution in [2.75, 3.05) is 46.4 Å². The number of carbonyl (C=O) groups is 1. The molecule has 1 N–H and O–H groups in total. The molecule has 0 bridgehead atoms. The van der Waals surface area contributed by atoms with Crippen molar-refractivity contribution in [3.63, 3.8) is 0 Å². The Hall–Kier alpha value is -2.47. The first-order valence-corrected chi connectivity index (χ1v) is 8.18. The zero-order chi connectivity index (χ0) is 16.8. The summed E-state index contributed by atoms with van der Waals surface area (Å²) in [7, 11) is 1.65. The van der Waals surface area contributed by atoms with Crippen molar-refractivity contribution in [2.45, 2.75) is 0 Å². The van der Waals surface area contributed by atoms with E-state index < -0.39 is 0 Å². The summed E-state index contributed by atoms with van der Waals surface area (Å²) >= 11 is 0. The van der Waals surface area contributed by atoms with Crippen LogP contribution in [-0.4, -0.2) is 67.1 Å². The van der Waals surface area contributed by atoms with Crippen LogP contribution in [0.25, 0.3) is 0 Å². The van der Waals surface area contributed by atoms with Crippen molar-refractivity contribution in [3.05, 3.63) is 48.3 Å². The highest BCUT2D eigenvalue weighted by Crippen LogP contribution is 2.17. The number of hydrogen-bond acceptors (Lipinski definition) is 4. The Morgan fingerprint density at radius 1 is 1.08 bits per heavy atom. The molecule has 1 aliphatic rings. The fourth-order valence-corrected chi connectivity index (χ4v) is 2.77. The molecule has 6 heteroatoms. The predicted octanol–water partition coefficient (Wildman–Crippen LogP) is 1.86. The summed E-state index contributed by atoms with van der Waals surface area (Å²) < 4.78 is 10.9. The minimum Gasteiger partial charge on any atom is -0.497 e. The molecule has 0 atom stereocenters. The molecule has 0 spiro atoms. The Balaban J connectivity index is 1.38. The van der Waals surface area contributed by atoms with Gasteiger partial charge in [-0.1, -0.05) is 0 Å². The Labute approximate surface area is 142 Å². The summed E-state index contributed by atoms with van der Waals surface area (Å²) in [5.41, 5.74) is 0.659. The van der Waals surface area contributed by atoms with Gasteiger partial charge in [0.05, 0.1) is 7.11 Å². The molecule has 128 valence electrons. The molecule has 1 fully saturated rings. The first-order chi connectivity index (χ1) is 11.8. The lowest BCUT2D eigenvalue weighted by Gasteiger charge is -2.34. The van der Waals surface area contributed by atoms with E-state index in [9.17, 15) is 4.79 Å². The number of nitrogens with one attached hydrogen (secondary N) is 1. The summed E-state index contributed by atoms with van der Waals surface area (Å²) in [6.45, 7) is 4.74. The summed E-state index contributed by atoms with van der Waals surface area (Å²) in [5, 5.41) is 0. The highest BCUT2D eigenvalue weighted by Gasteiger charge is 2.22. The van der Waals surface area contributed by atoms with Gasteiger partial charge in [-0.05, 0) is 36.4 Å². The number of aromatic nitrogens is 1. The lowest BCUT2D eigenvalue weighted by Crippen LogP contribution is -2.49. The van der Waals surface area contributed by atoms with Gasteiger partial charge in [0.15, 0.2) is 0 Å². The average Bonchev–Trinajstić information content (AvgIpc) is 3.17. The van der Waals surface area contributed by atoms with E-state index >= 15 is 0 Å². The number of hydrogen-bond donors (Lipinski definition) is 1. The lowest BCUT2D eigenvalue weighted by molar-refractivity contribution is 0.0615. The fourth-order valence-electron chi connectivity index (χ4n) is 2.77. The summed E-state index contributed by atoms with van der Waals surface area (Å²) in [4.78, 5) is 19.4. The highest BCUT2D eigenvalue weighted by molar-refractivity contribution is 5.92. The van der Waals surface area contributed by atoms with Gasteiger partial charge in [0.2, 0.25) is 0 Å². The molecule has 24 heavy (non-hydrogen) atoms. The number of carbonyl (C=O) groups excluding carboxylic acids is 1. The standard InChI is InChI=1S/C18H23N3O3/c1-23-15-4-6-16(7-5-15)24-14-13-20-9-11-21(12-10-20)18(22)17-3-2-8-19-17/h2-8,19H,9-14H2,1H3. The van der Waals surface area contributed by atoms with Gasteiger partial charge >= 0.3 is 0 Å². The molecule has 0 unspecified atom stereocenters. The van der Waals surface area contributed by atoms with Gasteiger partial charge in [0, 0.05) is 38.9 Å². The molecule has 1 aromatic carbocycles. The third kappa shape index (κ3) is 4.08. The van der Waals surface area contributed by atoms with Crippen LogP contribution >= 0.6 is 0 Å². The van der Waals surface area contributed by atoms with Crippen molar-refractivity contribution in [3.8, 4) is 11.5 Å². The van der Waals surface area contributed by atoms with Gasteiger partial charge in [-0.2, -0.15) is 0 Å². The van der Waals surface area contributed by atoms with Gasteiger partial charge in [-0.15, -0.1) is 0 Å². The van der Waals surface area contributed by atoms with Crippen LogP contribution in [0.5, 0.6) is 11.5 Å². The van der Waals surface area contributed by atoms with Gasteiger partial charge < -0.3 is 19.4 Å². The molecule has 1 saturated heterocycles.